The summed E-state index contributed by atoms with van der Waals surface area (Å²) in [7, 11) is 0. The molecular weight excluding hydrogens is 507 g/mol. The van der Waals surface area contributed by atoms with Gasteiger partial charge in [0.05, 0.1) is 17.7 Å². The van der Waals surface area contributed by atoms with Crippen LogP contribution in [0.25, 0.3) is 16.6 Å². The van der Waals surface area contributed by atoms with E-state index < -0.39 is 11.8 Å². The SMILES string of the molecule is O=C([O-])/C(=C(\Cc1ccc2c(c1)OCO2)C(=O)c1ccc2c(c1)OCCO2)c1ccc2nsnc2c1.[Na+]. The number of aromatic nitrogens is 2. The van der Waals surface area contributed by atoms with E-state index >= 15 is 0 Å². The topological polar surface area (TPSA) is 120 Å². The van der Waals surface area contributed by atoms with Gasteiger partial charge in [0, 0.05) is 23.1 Å². The van der Waals surface area contributed by atoms with Crippen LogP contribution in [0, 0.1) is 0 Å². The first-order valence-corrected chi connectivity index (χ1v) is 11.8. The second-order valence-corrected chi connectivity index (χ2v) is 8.69. The second-order valence-electron chi connectivity index (χ2n) is 8.16. The molecule has 0 bridgehead atoms. The Bertz CT molecular complexity index is 1570. The predicted molar refractivity (Wildman–Crippen MR) is 127 cm³/mol. The van der Waals surface area contributed by atoms with E-state index in [-0.39, 0.29) is 59.5 Å². The van der Waals surface area contributed by atoms with E-state index in [0.29, 0.717) is 58.4 Å². The molecule has 3 heterocycles. The van der Waals surface area contributed by atoms with Crippen molar-refractivity contribution in [1.29, 1.82) is 0 Å². The van der Waals surface area contributed by atoms with Crippen molar-refractivity contribution in [3.63, 3.8) is 0 Å². The van der Waals surface area contributed by atoms with Crippen molar-refractivity contribution in [1.82, 2.24) is 8.75 Å². The Morgan fingerprint density at radius 3 is 2.30 bits per heavy atom. The van der Waals surface area contributed by atoms with Gasteiger partial charge >= 0.3 is 29.6 Å². The summed E-state index contributed by atoms with van der Waals surface area (Å²) < 4.78 is 30.4. The number of ether oxygens (including phenoxy) is 4. The zero-order chi connectivity index (χ0) is 24.6. The predicted octanol–water partition coefficient (Wildman–Crippen LogP) is -0.176. The number of fused-ring (bicyclic) bond motifs is 3. The molecule has 0 N–H and O–H groups in total. The van der Waals surface area contributed by atoms with E-state index in [1.54, 1.807) is 54.6 Å². The van der Waals surface area contributed by atoms with Gasteiger partial charge in [0.2, 0.25) is 6.79 Å². The Balaban J connectivity index is 0.00000280. The van der Waals surface area contributed by atoms with Crippen LogP contribution in [-0.4, -0.2) is 40.5 Å². The maximum atomic E-state index is 13.9. The first-order valence-electron chi connectivity index (χ1n) is 11.1. The van der Waals surface area contributed by atoms with Crippen molar-refractivity contribution in [2.45, 2.75) is 6.42 Å². The first kappa shape index (κ1) is 25.2. The molecule has 0 saturated heterocycles. The number of hydrogen-bond donors (Lipinski definition) is 0. The van der Waals surface area contributed by atoms with Crippen molar-refractivity contribution in [2.24, 2.45) is 0 Å². The molecule has 37 heavy (non-hydrogen) atoms. The standard InChI is InChI=1S/C26H18N2O7S.Na/c29-25(16-3-6-20-23(12-16)33-8-7-32-20)17(9-14-1-5-21-22(10-14)35-13-34-21)24(26(30)31)15-2-4-18-19(11-15)28-36-27-18;/h1-6,10-12H,7-9,13H2,(H,30,31);/q;+1/p-1/b24-17+;. The van der Waals surface area contributed by atoms with Gasteiger partial charge in [0.15, 0.2) is 28.8 Å². The fourth-order valence-corrected chi connectivity index (χ4v) is 4.77. The van der Waals surface area contributed by atoms with E-state index in [0.717, 1.165) is 11.7 Å². The Morgan fingerprint density at radius 1 is 0.784 bits per heavy atom. The number of carboxylic acids is 1. The van der Waals surface area contributed by atoms with Gasteiger partial charge in [0.1, 0.15) is 24.2 Å². The molecule has 0 atom stereocenters. The average molecular weight is 524 g/mol. The third kappa shape index (κ3) is 4.93. The molecule has 0 amide bonds. The zero-order valence-electron chi connectivity index (χ0n) is 19.7. The minimum absolute atomic E-state index is 0. The molecule has 0 fully saturated rings. The molecule has 3 aromatic carbocycles. The zero-order valence-corrected chi connectivity index (χ0v) is 22.5. The van der Waals surface area contributed by atoms with Crippen LogP contribution < -0.4 is 53.6 Å². The van der Waals surface area contributed by atoms with Crippen LogP contribution in [0.2, 0.25) is 0 Å². The molecule has 2 aliphatic heterocycles. The Labute approximate surface area is 237 Å². The largest absolute Gasteiger partial charge is 1.00 e. The molecule has 0 spiro atoms. The molecule has 0 unspecified atom stereocenters. The van der Waals surface area contributed by atoms with Crippen molar-refractivity contribution >= 4 is 40.1 Å². The van der Waals surface area contributed by atoms with E-state index in [4.69, 9.17) is 18.9 Å². The quantitative estimate of drug-likeness (QED) is 0.192. The van der Waals surface area contributed by atoms with Gasteiger partial charge in [-0.2, -0.15) is 8.75 Å². The van der Waals surface area contributed by atoms with E-state index in [1.165, 1.54) is 0 Å². The molecule has 0 aliphatic carbocycles. The van der Waals surface area contributed by atoms with Crippen LogP contribution in [0.3, 0.4) is 0 Å². The summed E-state index contributed by atoms with van der Waals surface area (Å²) in [6, 6.07) is 14.9. The van der Waals surface area contributed by atoms with E-state index in [9.17, 15) is 14.7 Å². The summed E-state index contributed by atoms with van der Waals surface area (Å²) in [5, 5.41) is 12.5. The number of rotatable bonds is 6. The molecule has 9 nitrogen and oxygen atoms in total. The second kappa shape index (κ2) is 10.5. The van der Waals surface area contributed by atoms with Gasteiger partial charge in [-0.1, -0.05) is 12.1 Å². The molecule has 0 saturated carbocycles. The summed E-state index contributed by atoms with van der Waals surface area (Å²) in [4.78, 5) is 26.4. The Hall–Kier alpha value is -3.44. The number of carbonyl (C=O) groups excluding carboxylic acids is 2. The maximum Gasteiger partial charge on any atom is 1.00 e. The van der Waals surface area contributed by atoms with Crippen LogP contribution in [0.1, 0.15) is 21.5 Å². The molecule has 0 radical (unpaired) electrons. The molecule has 180 valence electrons. The normalized spacial score (nSPS) is 14.1. The van der Waals surface area contributed by atoms with Gasteiger partial charge < -0.3 is 28.8 Å². The van der Waals surface area contributed by atoms with E-state index in [1.807, 2.05) is 0 Å². The number of nitrogens with zero attached hydrogens (tertiary/aromatic N) is 2. The first-order chi connectivity index (χ1) is 17.6. The Kier molecular flexibility index (Phi) is 7.16. The number of benzene rings is 3. The fraction of sp³-hybridized carbons (Fsp3) is 0.154. The molecule has 4 aromatic rings. The number of carboxylic acid groups (broad SMARTS) is 1. The third-order valence-corrected chi connectivity index (χ3v) is 6.50. The van der Waals surface area contributed by atoms with Crippen molar-refractivity contribution in [3.05, 3.63) is 76.9 Å². The fourth-order valence-electron chi connectivity index (χ4n) is 4.25. The van der Waals surface area contributed by atoms with Gasteiger partial charge in [-0.25, -0.2) is 0 Å². The summed E-state index contributed by atoms with van der Waals surface area (Å²) in [6.07, 6.45) is 0.0145. The Morgan fingerprint density at radius 2 is 1.46 bits per heavy atom. The number of ketones is 1. The van der Waals surface area contributed by atoms with Crippen LogP contribution >= 0.6 is 11.7 Å². The van der Waals surface area contributed by atoms with Gasteiger partial charge in [0.25, 0.3) is 0 Å². The van der Waals surface area contributed by atoms with Gasteiger partial charge in [-0.05, 0) is 53.6 Å². The summed E-state index contributed by atoms with van der Waals surface area (Å²) >= 11 is 1.02. The minimum atomic E-state index is -1.47. The number of allylic oxidation sites excluding steroid dienone is 1. The van der Waals surface area contributed by atoms with Crippen LogP contribution in [0.4, 0.5) is 0 Å². The van der Waals surface area contributed by atoms with Crippen molar-refractivity contribution in [2.75, 3.05) is 20.0 Å². The third-order valence-electron chi connectivity index (χ3n) is 5.94. The molecule has 2 aliphatic rings. The summed E-state index contributed by atoms with van der Waals surface area (Å²) in [5.74, 6) is 0.132. The van der Waals surface area contributed by atoms with Gasteiger partial charge in [-0.15, -0.1) is 0 Å². The minimum Gasteiger partial charge on any atom is -0.545 e. The van der Waals surface area contributed by atoms with Crippen LogP contribution in [0.5, 0.6) is 23.0 Å². The average Bonchev–Trinajstić information content (AvgIpc) is 3.56. The van der Waals surface area contributed by atoms with Crippen LogP contribution in [0.15, 0.2) is 60.2 Å². The number of hydrogen-bond acceptors (Lipinski definition) is 10. The molecule has 6 rings (SSSR count). The smallest absolute Gasteiger partial charge is 0.545 e. The monoisotopic (exact) mass is 524 g/mol. The molecule has 1 aromatic heterocycles. The summed E-state index contributed by atoms with van der Waals surface area (Å²) in [5.41, 5.74) is 2.25. The van der Waals surface area contributed by atoms with E-state index in [2.05, 4.69) is 8.75 Å². The number of carbonyl (C=O) groups is 2. The van der Waals surface area contributed by atoms with Crippen LogP contribution in [-0.2, 0) is 11.2 Å². The van der Waals surface area contributed by atoms with Gasteiger partial charge in [-0.3, -0.25) is 4.79 Å². The molecule has 11 heteroatoms. The number of Topliss-reactive ketones (excluding diaryl/α,β-unsaturated/α-hetero) is 1. The molecular formula is C26H17N2NaO7S. The van der Waals surface area contributed by atoms with Crippen molar-refractivity contribution in [3.8, 4) is 23.0 Å². The number of aliphatic carboxylic acids is 1. The maximum absolute atomic E-state index is 13.9. The van der Waals surface area contributed by atoms with Crippen molar-refractivity contribution < 1.29 is 63.2 Å². The summed E-state index contributed by atoms with van der Waals surface area (Å²) in [6.45, 7) is 0.873.